The Morgan fingerprint density at radius 2 is 1.54 bits per heavy atom. The summed E-state index contributed by atoms with van der Waals surface area (Å²) in [5.41, 5.74) is 0.242. The SMILES string of the molecule is CCCCCCCC/C=C/C/C=C(/C/C=C/CCCC=O)[N+](=O)[O-]. The van der Waals surface area contributed by atoms with Crippen LogP contribution in [0.3, 0.4) is 0 Å². The highest BCUT2D eigenvalue weighted by Crippen LogP contribution is 2.09. The van der Waals surface area contributed by atoms with Gasteiger partial charge in [-0.1, -0.05) is 63.3 Å². The van der Waals surface area contributed by atoms with Gasteiger partial charge in [-0.2, -0.15) is 0 Å². The number of hydrogen-bond acceptors (Lipinski definition) is 3. The Morgan fingerprint density at radius 1 is 0.875 bits per heavy atom. The smallest absolute Gasteiger partial charge is 0.246 e. The molecule has 0 atom stereocenters. The van der Waals surface area contributed by atoms with Crippen molar-refractivity contribution in [3.63, 3.8) is 0 Å². The van der Waals surface area contributed by atoms with Crippen LogP contribution in [0.1, 0.15) is 84.0 Å². The third-order valence-electron chi connectivity index (χ3n) is 3.80. The first kappa shape index (κ1) is 22.3. The van der Waals surface area contributed by atoms with Gasteiger partial charge in [-0.25, -0.2) is 0 Å². The van der Waals surface area contributed by atoms with Crippen LogP contribution in [0.25, 0.3) is 0 Å². The van der Waals surface area contributed by atoms with Crippen molar-refractivity contribution in [2.24, 2.45) is 0 Å². The Kier molecular flexibility index (Phi) is 16.4. The van der Waals surface area contributed by atoms with Crippen LogP contribution in [0, 0.1) is 10.1 Å². The van der Waals surface area contributed by atoms with Gasteiger partial charge in [-0.15, -0.1) is 0 Å². The third kappa shape index (κ3) is 15.2. The van der Waals surface area contributed by atoms with E-state index < -0.39 is 0 Å². The molecule has 0 radical (unpaired) electrons. The zero-order chi connectivity index (χ0) is 17.9. The third-order valence-corrected chi connectivity index (χ3v) is 3.80. The van der Waals surface area contributed by atoms with Gasteiger partial charge in [0.1, 0.15) is 6.29 Å². The number of aldehydes is 1. The molecule has 4 heteroatoms. The minimum absolute atomic E-state index is 0.242. The first-order valence-electron chi connectivity index (χ1n) is 9.29. The second-order valence-corrected chi connectivity index (χ2v) is 5.99. The first-order valence-corrected chi connectivity index (χ1v) is 9.29. The van der Waals surface area contributed by atoms with Crippen molar-refractivity contribution < 1.29 is 9.72 Å². The fourth-order valence-corrected chi connectivity index (χ4v) is 2.33. The molecule has 0 spiro atoms. The van der Waals surface area contributed by atoms with Crippen LogP contribution in [0.2, 0.25) is 0 Å². The van der Waals surface area contributed by atoms with Crippen LogP contribution in [-0.4, -0.2) is 11.2 Å². The van der Waals surface area contributed by atoms with E-state index >= 15 is 0 Å². The number of carbonyl (C=O) groups is 1. The van der Waals surface area contributed by atoms with Gasteiger partial charge in [0.05, 0.1) is 11.3 Å². The topological polar surface area (TPSA) is 60.2 Å². The monoisotopic (exact) mass is 335 g/mol. The van der Waals surface area contributed by atoms with Gasteiger partial charge < -0.3 is 4.79 Å². The molecule has 0 aromatic carbocycles. The maximum absolute atomic E-state index is 11.0. The molecule has 24 heavy (non-hydrogen) atoms. The summed E-state index contributed by atoms with van der Waals surface area (Å²) in [5.74, 6) is 0. The van der Waals surface area contributed by atoms with E-state index in [4.69, 9.17) is 0 Å². The Balaban J connectivity index is 3.88. The van der Waals surface area contributed by atoms with Crippen LogP contribution < -0.4 is 0 Å². The Morgan fingerprint density at radius 3 is 2.25 bits per heavy atom. The Labute approximate surface area is 146 Å². The summed E-state index contributed by atoms with van der Waals surface area (Å²) in [7, 11) is 0. The summed E-state index contributed by atoms with van der Waals surface area (Å²) < 4.78 is 0. The molecule has 0 bridgehead atoms. The molecule has 0 aliphatic rings. The highest BCUT2D eigenvalue weighted by molar-refractivity contribution is 5.49. The minimum Gasteiger partial charge on any atom is -0.303 e. The van der Waals surface area contributed by atoms with Crippen molar-refractivity contribution >= 4 is 6.29 Å². The number of carbonyl (C=O) groups excluding carboxylic acids is 1. The number of rotatable bonds is 16. The Hall–Kier alpha value is -1.71. The van der Waals surface area contributed by atoms with E-state index in [0.717, 1.165) is 25.5 Å². The molecule has 0 aromatic heterocycles. The molecule has 0 unspecified atom stereocenters. The standard InChI is InChI=1S/C20H33NO3/c1-2-3-4-5-6-7-8-9-11-14-17-20(21(23)24)18-15-12-10-13-16-19-22/h9,11-12,15,17,19H,2-8,10,13-14,16,18H2,1H3/b11-9+,15-12+,20-17-. The van der Waals surface area contributed by atoms with Crippen molar-refractivity contribution in [2.75, 3.05) is 0 Å². The van der Waals surface area contributed by atoms with Crippen LogP contribution >= 0.6 is 0 Å². The molecule has 136 valence electrons. The summed E-state index contributed by atoms with van der Waals surface area (Å²) in [6.07, 6.45) is 22.4. The predicted molar refractivity (Wildman–Crippen MR) is 100 cm³/mol. The lowest BCUT2D eigenvalue weighted by molar-refractivity contribution is -0.427. The molecule has 0 saturated carbocycles. The van der Waals surface area contributed by atoms with Crippen LogP contribution in [0.4, 0.5) is 0 Å². The van der Waals surface area contributed by atoms with Gasteiger partial charge in [0.2, 0.25) is 5.70 Å². The van der Waals surface area contributed by atoms with Crippen molar-refractivity contribution in [3.05, 3.63) is 46.2 Å². The summed E-state index contributed by atoms with van der Waals surface area (Å²) >= 11 is 0. The summed E-state index contributed by atoms with van der Waals surface area (Å²) in [4.78, 5) is 20.9. The number of unbranched alkanes of at least 4 members (excludes halogenated alkanes) is 8. The molecule has 4 nitrogen and oxygen atoms in total. The zero-order valence-corrected chi connectivity index (χ0v) is 15.1. The molecule has 0 heterocycles. The van der Waals surface area contributed by atoms with E-state index in [0.29, 0.717) is 19.3 Å². The van der Waals surface area contributed by atoms with E-state index in [1.165, 1.54) is 38.5 Å². The lowest BCUT2D eigenvalue weighted by atomic mass is 10.1. The van der Waals surface area contributed by atoms with E-state index in [1.54, 1.807) is 6.08 Å². The average Bonchev–Trinajstić information content (AvgIpc) is 2.57. The summed E-state index contributed by atoms with van der Waals surface area (Å²) in [6.45, 7) is 2.22. The maximum Gasteiger partial charge on any atom is 0.246 e. The molecule has 0 rings (SSSR count). The Bertz CT molecular complexity index is 411. The van der Waals surface area contributed by atoms with Gasteiger partial charge in [0.25, 0.3) is 0 Å². The molecule has 0 saturated heterocycles. The number of nitrogens with zero attached hydrogens (tertiary/aromatic N) is 1. The van der Waals surface area contributed by atoms with E-state index in [1.807, 2.05) is 18.2 Å². The maximum atomic E-state index is 11.0. The minimum atomic E-state index is -0.308. The number of nitro groups is 1. The van der Waals surface area contributed by atoms with Gasteiger partial charge >= 0.3 is 0 Å². The van der Waals surface area contributed by atoms with E-state index in [9.17, 15) is 14.9 Å². The molecule has 0 N–H and O–H groups in total. The molecular weight excluding hydrogens is 302 g/mol. The fraction of sp³-hybridized carbons (Fsp3) is 0.650. The molecule has 0 aliphatic carbocycles. The lowest BCUT2D eigenvalue weighted by Crippen LogP contribution is -1.97. The first-order chi connectivity index (χ1) is 11.7. The van der Waals surface area contributed by atoms with Crippen LogP contribution in [0.15, 0.2) is 36.1 Å². The van der Waals surface area contributed by atoms with Crippen molar-refractivity contribution in [1.29, 1.82) is 0 Å². The van der Waals surface area contributed by atoms with Crippen molar-refractivity contribution in [3.8, 4) is 0 Å². The predicted octanol–water partition coefficient (Wildman–Crippen LogP) is 6.16. The molecular formula is C20H33NO3. The number of allylic oxidation sites excluding steroid dienone is 5. The highest BCUT2D eigenvalue weighted by atomic mass is 16.6. The fourth-order valence-electron chi connectivity index (χ4n) is 2.33. The normalized spacial score (nSPS) is 12.3. The van der Waals surface area contributed by atoms with E-state index in [-0.39, 0.29) is 10.6 Å². The van der Waals surface area contributed by atoms with Crippen molar-refractivity contribution in [2.45, 2.75) is 84.0 Å². The molecule has 0 fully saturated rings. The van der Waals surface area contributed by atoms with Crippen molar-refractivity contribution in [1.82, 2.24) is 0 Å². The highest BCUT2D eigenvalue weighted by Gasteiger charge is 2.06. The van der Waals surface area contributed by atoms with Crippen LogP contribution in [-0.2, 0) is 4.79 Å². The van der Waals surface area contributed by atoms with Gasteiger partial charge in [-0.05, 0) is 38.2 Å². The van der Waals surface area contributed by atoms with Gasteiger partial charge in [-0.3, -0.25) is 10.1 Å². The molecule has 0 aromatic rings. The summed E-state index contributed by atoms with van der Waals surface area (Å²) in [6, 6.07) is 0. The second-order valence-electron chi connectivity index (χ2n) is 5.99. The largest absolute Gasteiger partial charge is 0.303 e. The lowest BCUT2D eigenvalue weighted by Gasteiger charge is -1.97. The second kappa shape index (κ2) is 17.6. The van der Waals surface area contributed by atoms with Crippen LogP contribution in [0.5, 0.6) is 0 Å². The summed E-state index contributed by atoms with van der Waals surface area (Å²) in [5, 5.41) is 11.0. The number of hydrogen-bond donors (Lipinski definition) is 0. The van der Waals surface area contributed by atoms with Gasteiger partial charge in [0, 0.05) is 6.42 Å². The van der Waals surface area contributed by atoms with Gasteiger partial charge in [0.15, 0.2) is 0 Å². The molecule has 0 aliphatic heterocycles. The molecule has 0 amide bonds. The zero-order valence-electron chi connectivity index (χ0n) is 15.1. The quantitative estimate of drug-likeness (QED) is 0.112. The average molecular weight is 335 g/mol. The van der Waals surface area contributed by atoms with E-state index in [2.05, 4.69) is 13.0 Å².